The first-order valence-corrected chi connectivity index (χ1v) is 4.71. The van der Waals surface area contributed by atoms with E-state index in [2.05, 4.69) is 0 Å². The van der Waals surface area contributed by atoms with E-state index in [9.17, 15) is 0 Å². The Labute approximate surface area is 97.0 Å². The van der Waals surface area contributed by atoms with E-state index < -0.39 is 0 Å². The van der Waals surface area contributed by atoms with Crippen LogP contribution in [-0.2, 0) is 18.3 Å². The van der Waals surface area contributed by atoms with Gasteiger partial charge in [0.15, 0.2) is 0 Å². The fraction of sp³-hybridized carbons (Fsp3) is 0. The molecule has 0 unspecified atom stereocenters. The van der Waals surface area contributed by atoms with Crippen LogP contribution in [0.15, 0.2) is 18.2 Å². The van der Waals surface area contributed by atoms with Crippen LogP contribution in [0.1, 0.15) is 0 Å². The quantitative estimate of drug-likeness (QED) is 0.428. The van der Waals surface area contributed by atoms with Crippen molar-refractivity contribution in [3.8, 4) is 0 Å². The third kappa shape index (κ3) is 3.04. The molecule has 0 radical (unpaired) electrons. The predicted molar refractivity (Wildman–Crippen MR) is 36.1 cm³/mol. The molecule has 0 aliphatic heterocycles. The van der Waals surface area contributed by atoms with Gasteiger partial charge in [0.05, 0.1) is 0 Å². The van der Waals surface area contributed by atoms with Crippen molar-refractivity contribution in [3.63, 3.8) is 0 Å². The van der Waals surface area contributed by atoms with E-state index in [0.29, 0.717) is 0 Å². The Morgan fingerprint density at radius 1 is 1.20 bits per heavy atom. The largest absolute Gasteiger partial charge is 1.00 e. The molecule has 50 valence electrons. The Balaban J connectivity index is 0.000000810. The third-order valence-corrected chi connectivity index (χ3v) is 3.31. The summed E-state index contributed by atoms with van der Waals surface area (Å²) in [7, 11) is 0. The molecule has 0 aromatic heterocycles. The van der Waals surface area contributed by atoms with Gasteiger partial charge < -0.3 is 24.0 Å². The topological polar surface area (TPSA) is 0 Å². The minimum Gasteiger partial charge on any atom is -1.00 e. The molecule has 0 aliphatic rings. The molecule has 0 saturated carbocycles. The van der Waals surface area contributed by atoms with E-state index >= 15 is 0 Å². The number of rotatable bonds is 0. The maximum absolute atomic E-state index is 5.75. The van der Waals surface area contributed by atoms with Crippen molar-refractivity contribution in [1.29, 1.82) is 0 Å². The van der Waals surface area contributed by atoms with Gasteiger partial charge in [0.2, 0.25) is 0 Å². The first kappa shape index (κ1) is 11.2. The van der Waals surface area contributed by atoms with Crippen LogP contribution in [0.25, 0.3) is 0 Å². The molecule has 0 heterocycles. The van der Waals surface area contributed by atoms with Crippen LogP contribution >= 0.6 is 23.2 Å². The standard InChI is InChI=1S/C6H3Cl2.HI.Zn/c7-5-1-2-6(8)4-3-5;;/h1-3H;1H;/q;;+1/p-1. The Hall–Kier alpha value is 1.15. The fourth-order valence-corrected chi connectivity index (χ4v) is 1.84. The van der Waals surface area contributed by atoms with Gasteiger partial charge in [0.25, 0.3) is 0 Å². The normalized spacial score (nSPS) is 8.80. The molecule has 4 heteroatoms. The molecule has 0 saturated heterocycles. The van der Waals surface area contributed by atoms with Crippen molar-refractivity contribution in [3.05, 3.63) is 28.2 Å². The van der Waals surface area contributed by atoms with Gasteiger partial charge in [-0.25, -0.2) is 0 Å². The summed E-state index contributed by atoms with van der Waals surface area (Å²) in [6.07, 6.45) is 0. The number of hydrogen-bond acceptors (Lipinski definition) is 0. The first-order chi connectivity index (χ1) is 4.20. The molecule has 0 N–H and O–H groups in total. The van der Waals surface area contributed by atoms with Crippen LogP contribution in [-0.4, -0.2) is 0 Å². The number of hydrogen-bond donors (Lipinski definition) is 0. The van der Waals surface area contributed by atoms with Crippen LogP contribution in [0, 0.1) is 0 Å². The van der Waals surface area contributed by atoms with Crippen LogP contribution in [0.3, 0.4) is 0 Å². The van der Waals surface area contributed by atoms with Crippen molar-refractivity contribution in [1.82, 2.24) is 0 Å². The average Bonchev–Trinajstić information content (AvgIpc) is 1.80. The summed E-state index contributed by atoms with van der Waals surface area (Å²) < 4.78 is 1.14. The summed E-state index contributed by atoms with van der Waals surface area (Å²) in [4.78, 5) is 0. The third-order valence-electron chi connectivity index (χ3n) is 1.01. The summed E-state index contributed by atoms with van der Waals surface area (Å²) in [6, 6.07) is 5.51. The van der Waals surface area contributed by atoms with E-state index in [0.717, 1.165) is 32.5 Å². The molecule has 1 aromatic rings. The second kappa shape index (κ2) is 4.92. The van der Waals surface area contributed by atoms with Crippen molar-refractivity contribution < 1.29 is 42.3 Å². The molecular formula is C6H3Cl2IZn. The van der Waals surface area contributed by atoms with Gasteiger partial charge in [-0.15, -0.1) is 0 Å². The maximum Gasteiger partial charge on any atom is -1.00 e. The molecule has 0 fully saturated rings. The molecule has 0 nitrogen and oxygen atoms in total. The fourth-order valence-electron chi connectivity index (χ4n) is 0.543. The minimum atomic E-state index is 0. The Morgan fingerprint density at radius 2 is 1.80 bits per heavy atom. The van der Waals surface area contributed by atoms with Gasteiger partial charge in [-0.05, 0) is 0 Å². The van der Waals surface area contributed by atoms with Crippen molar-refractivity contribution in [2.24, 2.45) is 0 Å². The van der Waals surface area contributed by atoms with Crippen molar-refractivity contribution in [2.45, 2.75) is 0 Å². The van der Waals surface area contributed by atoms with Gasteiger partial charge >= 0.3 is 73.9 Å². The van der Waals surface area contributed by atoms with Gasteiger partial charge in [0, 0.05) is 0 Å². The van der Waals surface area contributed by atoms with Crippen LogP contribution < -0.4 is 28.1 Å². The maximum atomic E-state index is 5.75. The molecule has 0 spiro atoms. The summed E-state index contributed by atoms with van der Waals surface area (Å²) in [5.74, 6) is 0. The van der Waals surface area contributed by atoms with E-state index in [-0.39, 0.29) is 24.0 Å². The summed E-state index contributed by atoms with van der Waals surface area (Å²) in [5, 5.41) is 1.58. The van der Waals surface area contributed by atoms with E-state index in [1.807, 2.05) is 12.1 Å². The second-order valence-electron chi connectivity index (χ2n) is 1.74. The first-order valence-electron chi connectivity index (χ1n) is 2.47. The van der Waals surface area contributed by atoms with Gasteiger partial charge in [-0.3, -0.25) is 0 Å². The van der Waals surface area contributed by atoms with Gasteiger partial charge in [-0.2, -0.15) is 0 Å². The van der Waals surface area contributed by atoms with Crippen molar-refractivity contribution in [2.75, 3.05) is 0 Å². The molecule has 10 heavy (non-hydrogen) atoms. The van der Waals surface area contributed by atoms with Crippen LogP contribution in [0.2, 0.25) is 10.0 Å². The zero-order chi connectivity index (χ0) is 6.85. The van der Waals surface area contributed by atoms with Crippen LogP contribution in [0.4, 0.5) is 0 Å². The number of benzene rings is 1. The Kier molecular flexibility index (Phi) is 5.48. The molecule has 1 aromatic carbocycles. The smallest absolute Gasteiger partial charge is 1.00 e. The summed E-state index contributed by atoms with van der Waals surface area (Å²) >= 11 is 12.5. The zero-order valence-corrected chi connectivity index (χ0v) is 11.7. The summed E-state index contributed by atoms with van der Waals surface area (Å²) in [6.45, 7) is 0. The molecule has 0 aliphatic carbocycles. The molecule has 0 bridgehead atoms. The van der Waals surface area contributed by atoms with Crippen LogP contribution in [0.5, 0.6) is 0 Å². The predicted octanol–water partition coefficient (Wildman–Crippen LogP) is -0.831. The SMILES string of the molecule is Clc1ccc(Cl)[c]([Zn+])c1.[I-]. The monoisotopic (exact) mass is 336 g/mol. The van der Waals surface area contributed by atoms with Crippen molar-refractivity contribution >= 4 is 27.4 Å². The molecule has 1 rings (SSSR count). The zero-order valence-electron chi connectivity index (χ0n) is 5.07. The van der Waals surface area contributed by atoms with E-state index in [1.165, 1.54) is 0 Å². The Morgan fingerprint density at radius 3 is 2.20 bits per heavy atom. The molecular weight excluding hydrogens is 335 g/mol. The molecule has 0 amide bonds. The summed E-state index contributed by atoms with van der Waals surface area (Å²) in [5.41, 5.74) is 0. The Bertz CT molecular complexity index is 227. The van der Waals surface area contributed by atoms with E-state index in [1.54, 1.807) is 6.07 Å². The molecule has 0 atom stereocenters. The minimum absolute atomic E-state index is 0. The van der Waals surface area contributed by atoms with Gasteiger partial charge in [0.1, 0.15) is 0 Å². The van der Waals surface area contributed by atoms with E-state index in [4.69, 9.17) is 23.2 Å². The van der Waals surface area contributed by atoms with Gasteiger partial charge in [-0.1, -0.05) is 0 Å². The average molecular weight is 338 g/mol. The number of halogens is 3. The second-order valence-corrected chi connectivity index (χ2v) is 4.18.